The summed E-state index contributed by atoms with van der Waals surface area (Å²) in [6.07, 6.45) is 8.66. The molecule has 0 unspecified atom stereocenters. The van der Waals surface area contributed by atoms with Crippen molar-refractivity contribution in [1.82, 2.24) is 25.0 Å². The van der Waals surface area contributed by atoms with Crippen molar-refractivity contribution < 1.29 is 0 Å². The zero-order chi connectivity index (χ0) is 14.4. The lowest BCUT2D eigenvalue weighted by atomic mass is 9.95. The number of aromatic amines is 1. The molecule has 6 heteroatoms. The van der Waals surface area contributed by atoms with E-state index < -0.39 is 0 Å². The molecule has 0 atom stereocenters. The molecule has 4 rings (SSSR count). The number of aryl methyl sites for hydroxylation is 1. The van der Waals surface area contributed by atoms with E-state index in [0.717, 1.165) is 23.0 Å². The molecule has 0 aliphatic heterocycles. The molecule has 2 aromatic heterocycles. The Balaban J connectivity index is 1.78. The molecule has 112 valence electrons. The van der Waals surface area contributed by atoms with Gasteiger partial charge >= 0.3 is 0 Å². The van der Waals surface area contributed by atoms with Crippen LogP contribution in [0.25, 0.3) is 11.5 Å². The number of hydrogen-bond acceptors (Lipinski definition) is 3. The van der Waals surface area contributed by atoms with Gasteiger partial charge in [-0.05, 0) is 32.6 Å². The highest BCUT2D eigenvalue weighted by molar-refractivity contribution is 6.33. The van der Waals surface area contributed by atoms with Crippen LogP contribution in [0.5, 0.6) is 0 Å². The monoisotopic (exact) mass is 305 g/mol. The largest absolute Gasteiger partial charge is 0.281 e. The number of rotatable bonds is 3. The summed E-state index contributed by atoms with van der Waals surface area (Å²) in [7, 11) is 0. The molecule has 5 nitrogen and oxygen atoms in total. The lowest BCUT2D eigenvalue weighted by Gasteiger charge is -2.22. The molecule has 0 bridgehead atoms. The van der Waals surface area contributed by atoms with Gasteiger partial charge in [-0.1, -0.05) is 30.9 Å². The highest BCUT2D eigenvalue weighted by atomic mass is 35.5. The fourth-order valence-electron chi connectivity index (χ4n) is 3.16. The smallest absolute Gasteiger partial charge is 0.180 e. The second-order valence-corrected chi connectivity index (χ2v) is 6.69. The number of aromatic nitrogens is 5. The van der Waals surface area contributed by atoms with Crippen molar-refractivity contribution in [2.45, 2.75) is 63.8 Å². The van der Waals surface area contributed by atoms with Crippen LogP contribution in [0.15, 0.2) is 0 Å². The quantitative estimate of drug-likeness (QED) is 0.932. The summed E-state index contributed by atoms with van der Waals surface area (Å²) in [5.74, 6) is 2.37. The third-order valence-corrected chi connectivity index (χ3v) is 5.06. The summed E-state index contributed by atoms with van der Waals surface area (Å²) >= 11 is 6.38. The van der Waals surface area contributed by atoms with Crippen molar-refractivity contribution in [2.24, 2.45) is 0 Å². The van der Waals surface area contributed by atoms with Gasteiger partial charge in [-0.2, -0.15) is 10.2 Å². The minimum absolute atomic E-state index is 0.446. The number of halogens is 1. The summed E-state index contributed by atoms with van der Waals surface area (Å²) in [5.41, 5.74) is 1.64. The molecule has 2 aliphatic carbocycles. The van der Waals surface area contributed by atoms with E-state index in [1.807, 2.05) is 6.92 Å². The molecule has 2 saturated carbocycles. The summed E-state index contributed by atoms with van der Waals surface area (Å²) in [6.45, 7) is 1.93. The average Bonchev–Trinajstić information content (AvgIpc) is 3.19. The zero-order valence-corrected chi connectivity index (χ0v) is 13.0. The molecule has 0 radical (unpaired) electrons. The fraction of sp³-hybridized carbons (Fsp3) is 0.667. The Kier molecular flexibility index (Phi) is 3.25. The zero-order valence-electron chi connectivity index (χ0n) is 12.3. The lowest BCUT2D eigenvalue weighted by molar-refractivity contribution is 0.330. The Morgan fingerprint density at radius 1 is 1.14 bits per heavy atom. The van der Waals surface area contributed by atoms with Gasteiger partial charge in [0.1, 0.15) is 5.69 Å². The molecule has 0 amide bonds. The maximum atomic E-state index is 6.38. The van der Waals surface area contributed by atoms with Crippen LogP contribution in [0.3, 0.4) is 0 Å². The van der Waals surface area contributed by atoms with Crippen molar-refractivity contribution in [3.63, 3.8) is 0 Å². The Morgan fingerprint density at radius 2 is 1.90 bits per heavy atom. The average molecular weight is 306 g/mol. The molecule has 0 spiro atoms. The van der Waals surface area contributed by atoms with Gasteiger partial charge in [-0.3, -0.25) is 5.10 Å². The Morgan fingerprint density at radius 3 is 2.52 bits per heavy atom. The van der Waals surface area contributed by atoms with Gasteiger partial charge in [0, 0.05) is 5.92 Å². The van der Waals surface area contributed by atoms with E-state index >= 15 is 0 Å². The van der Waals surface area contributed by atoms with E-state index in [1.54, 1.807) is 0 Å². The van der Waals surface area contributed by atoms with Gasteiger partial charge in [0.25, 0.3) is 0 Å². The van der Waals surface area contributed by atoms with Crippen molar-refractivity contribution in [1.29, 1.82) is 0 Å². The van der Waals surface area contributed by atoms with E-state index in [1.165, 1.54) is 44.9 Å². The molecule has 0 saturated heterocycles. The molecule has 1 N–H and O–H groups in total. The van der Waals surface area contributed by atoms with Crippen LogP contribution in [0, 0.1) is 6.92 Å². The van der Waals surface area contributed by atoms with E-state index in [0.29, 0.717) is 17.0 Å². The van der Waals surface area contributed by atoms with Crippen LogP contribution in [0.4, 0.5) is 0 Å². The molecule has 2 aromatic rings. The van der Waals surface area contributed by atoms with Crippen LogP contribution in [0.2, 0.25) is 5.02 Å². The van der Waals surface area contributed by atoms with E-state index in [4.69, 9.17) is 21.7 Å². The first-order valence-corrected chi connectivity index (χ1v) is 8.29. The fourth-order valence-corrected chi connectivity index (χ4v) is 3.33. The van der Waals surface area contributed by atoms with Crippen LogP contribution in [-0.4, -0.2) is 25.0 Å². The van der Waals surface area contributed by atoms with Crippen LogP contribution in [-0.2, 0) is 0 Å². The molecular formula is C15H20ClN5. The normalized spacial score (nSPS) is 20.1. The topological polar surface area (TPSA) is 59.4 Å². The van der Waals surface area contributed by atoms with Crippen LogP contribution in [0.1, 0.15) is 68.4 Å². The summed E-state index contributed by atoms with van der Waals surface area (Å²) in [5, 5.41) is 12.8. The second-order valence-electron chi connectivity index (χ2n) is 6.32. The second kappa shape index (κ2) is 5.13. The van der Waals surface area contributed by atoms with Crippen molar-refractivity contribution >= 4 is 11.6 Å². The van der Waals surface area contributed by atoms with Gasteiger partial charge in [0.05, 0.1) is 16.8 Å². The predicted octanol–water partition coefficient (Wildman–Crippen LogP) is 4.01. The highest BCUT2D eigenvalue weighted by Gasteiger charge is 2.32. The molecule has 2 aliphatic rings. The minimum atomic E-state index is 0.446. The first-order valence-electron chi connectivity index (χ1n) is 7.91. The Labute approximate surface area is 129 Å². The molecular weight excluding hydrogens is 286 g/mol. The van der Waals surface area contributed by atoms with Gasteiger partial charge < -0.3 is 0 Å². The number of H-pyrrole nitrogens is 1. The Hall–Kier alpha value is -1.36. The first kappa shape index (κ1) is 13.3. The standard InChI is InChI=1S/C15H20ClN5/c1-9-12(16)13(19-18-9)15-17-14(10-7-8-10)20-21(15)11-5-3-2-4-6-11/h10-11H,2-8H2,1H3,(H,18,19). The van der Waals surface area contributed by atoms with Crippen molar-refractivity contribution in [2.75, 3.05) is 0 Å². The van der Waals surface area contributed by atoms with Crippen molar-refractivity contribution in [3.8, 4) is 11.5 Å². The maximum Gasteiger partial charge on any atom is 0.180 e. The maximum absolute atomic E-state index is 6.38. The lowest BCUT2D eigenvalue weighted by Crippen LogP contribution is -2.15. The summed E-state index contributed by atoms with van der Waals surface area (Å²) in [4.78, 5) is 4.78. The van der Waals surface area contributed by atoms with Crippen LogP contribution < -0.4 is 0 Å². The summed E-state index contributed by atoms with van der Waals surface area (Å²) in [6, 6.07) is 0.446. The van der Waals surface area contributed by atoms with E-state index in [-0.39, 0.29) is 0 Å². The predicted molar refractivity (Wildman–Crippen MR) is 81.4 cm³/mol. The van der Waals surface area contributed by atoms with E-state index in [9.17, 15) is 0 Å². The van der Waals surface area contributed by atoms with Gasteiger partial charge in [0.15, 0.2) is 11.6 Å². The third-order valence-electron chi connectivity index (χ3n) is 4.60. The molecule has 2 fully saturated rings. The van der Waals surface area contributed by atoms with Gasteiger partial charge in [0.2, 0.25) is 0 Å². The number of nitrogens with zero attached hydrogens (tertiary/aromatic N) is 4. The molecule has 0 aromatic carbocycles. The summed E-state index contributed by atoms with van der Waals surface area (Å²) < 4.78 is 2.11. The third kappa shape index (κ3) is 2.37. The number of nitrogens with one attached hydrogen (secondary N) is 1. The first-order chi connectivity index (χ1) is 10.2. The molecule has 21 heavy (non-hydrogen) atoms. The van der Waals surface area contributed by atoms with E-state index in [2.05, 4.69) is 14.9 Å². The van der Waals surface area contributed by atoms with Gasteiger partial charge in [-0.25, -0.2) is 9.67 Å². The minimum Gasteiger partial charge on any atom is -0.281 e. The van der Waals surface area contributed by atoms with Gasteiger partial charge in [-0.15, -0.1) is 0 Å². The van der Waals surface area contributed by atoms with Crippen LogP contribution >= 0.6 is 11.6 Å². The SMILES string of the molecule is Cc1[nH]nc(-c2nc(C3CC3)nn2C2CCCCC2)c1Cl. The highest BCUT2D eigenvalue weighted by Crippen LogP contribution is 2.41. The Bertz CT molecular complexity index is 649. The number of hydrogen-bond donors (Lipinski definition) is 1. The molecule has 2 heterocycles. The van der Waals surface area contributed by atoms with Crippen molar-refractivity contribution in [3.05, 3.63) is 16.5 Å².